The molecule has 3 aromatic rings. The van der Waals surface area contributed by atoms with E-state index in [9.17, 15) is 4.79 Å². The van der Waals surface area contributed by atoms with Gasteiger partial charge in [0.1, 0.15) is 5.56 Å². The van der Waals surface area contributed by atoms with Gasteiger partial charge in [0.15, 0.2) is 11.5 Å². The number of nitrogens with one attached hydrogen (secondary N) is 1. The molecule has 2 heterocycles. The first-order valence-corrected chi connectivity index (χ1v) is 8.64. The topological polar surface area (TPSA) is 95.7 Å². The maximum Gasteiger partial charge on any atom is 0.341 e. The van der Waals surface area contributed by atoms with Crippen LogP contribution in [0.25, 0.3) is 10.9 Å². The summed E-state index contributed by atoms with van der Waals surface area (Å²) in [5.74, 6) is 1.01. The van der Waals surface area contributed by atoms with Gasteiger partial charge in [-0.2, -0.15) is 0 Å². The molecule has 0 amide bonds. The lowest BCUT2D eigenvalue weighted by molar-refractivity contribution is 0.0527. The standard InChI is InChI=1S/C20H19N3O4/c1-2-25-20(24)14-10-23-19-13(4-3-5-15(19)21)18(14)22-9-12-6-7-16-17(8-12)27-11-26-16/h3-8,10H,2,9,11,21H2,1H3,(H,22,23). The molecule has 2 aromatic carbocycles. The Labute approximate surface area is 156 Å². The fourth-order valence-electron chi connectivity index (χ4n) is 3.04. The Kier molecular flexibility index (Phi) is 4.42. The van der Waals surface area contributed by atoms with Gasteiger partial charge >= 0.3 is 5.97 Å². The minimum absolute atomic E-state index is 0.230. The van der Waals surface area contributed by atoms with Gasteiger partial charge in [0, 0.05) is 18.1 Å². The third kappa shape index (κ3) is 3.19. The van der Waals surface area contributed by atoms with Crippen LogP contribution in [0.4, 0.5) is 11.4 Å². The summed E-state index contributed by atoms with van der Waals surface area (Å²) in [6, 6.07) is 11.2. The molecule has 0 atom stereocenters. The van der Waals surface area contributed by atoms with Crippen LogP contribution in [-0.2, 0) is 11.3 Å². The van der Waals surface area contributed by atoms with Crippen LogP contribution in [0.3, 0.4) is 0 Å². The van der Waals surface area contributed by atoms with Gasteiger partial charge < -0.3 is 25.3 Å². The third-order valence-corrected chi connectivity index (χ3v) is 4.33. The van der Waals surface area contributed by atoms with E-state index in [-0.39, 0.29) is 13.4 Å². The molecule has 1 aliphatic heterocycles. The third-order valence-electron chi connectivity index (χ3n) is 4.33. The number of fused-ring (bicyclic) bond motifs is 2. The van der Waals surface area contributed by atoms with Crippen molar-refractivity contribution in [1.29, 1.82) is 0 Å². The van der Waals surface area contributed by atoms with Crippen molar-refractivity contribution in [3.63, 3.8) is 0 Å². The van der Waals surface area contributed by atoms with Crippen LogP contribution in [0, 0.1) is 0 Å². The van der Waals surface area contributed by atoms with E-state index in [1.165, 1.54) is 6.20 Å². The smallest absolute Gasteiger partial charge is 0.341 e. The Hall–Kier alpha value is -3.48. The molecule has 138 valence electrons. The van der Waals surface area contributed by atoms with E-state index < -0.39 is 5.97 Å². The first-order valence-electron chi connectivity index (χ1n) is 8.64. The van der Waals surface area contributed by atoms with Crippen molar-refractivity contribution in [1.82, 2.24) is 4.98 Å². The van der Waals surface area contributed by atoms with E-state index in [1.54, 1.807) is 13.0 Å². The van der Waals surface area contributed by atoms with Crippen molar-refractivity contribution in [2.24, 2.45) is 0 Å². The summed E-state index contributed by atoms with van der Waals surface area (Å²) >= 11 is 0. The van der Waals surface area contributed by atoms with E-state index in [4.69, 9.17) is 19.9 Å². The lowest BCUT2D eigenvalue weighted by Gasteiger charge is -2.15. The minimum Gasteiger partial charge on any atom is -0.462 e. The van der Waals surface area contributed by atoms with Crippen molar-refractivity contribution in [2.75, 3.05) is 24.5 Å². The second-order valence-corrected chi connectivity index (χ2v) is 6.05. The summed E-state index contributed by atoms with van der Waals surface area (Å²) < 4.78 is 15.9. The number of esters is 1. The zero-order valence-corrected chi connectivity index (χ0v) is 14.8. The zero-order valence-electron chi connectivity index (χ0n) is 14.8. The van der Waals surface area contributed by atoms with Crippen molar-refractivity contribution in [3.05, 3.63) is 53.7 Å². The molecule has 4 rings (SSSR count). The molecule has 0 spiro atoms. The number of ether oxygens (including phenoxy) is 3. The van der Waals surface area contributed by atoms with Crippen LogP contribution in [0.5, 0.6) is 11.5 Å². The summed E-state index contributed by atoms with van der Waals surface area (Å²) in [6.07, 6.45) is 1.50. The average Bonchev–Trinajstić information content (AvgIpc) is 3.14. The molecule has 0 saturated heterocycles. The van der Waals surface area contributed by atoms with E-state index in [0.29, 0.717) is 34.7 Å². The fraction of sp³-hybridized carbons (Fsp3) is 0.200. The first-order chi connectivity index (χ1) is 13.2. The van der Waals surface area contributed by atoms with Crippen molar-refractivity contribution >= 4 is 28.2 Å². The molecule has 0 radical (unpaired) electrons. The number of carbonyl (C=O) groups excluding carboxylic acids is 1. The maximum absolute atomic E-state index is 12.4. The van der Waals surface area contributed by atoms with Gasteiger partial charge in [-0.1, -0.05) is 18.2 Å². The highest BCUT2D eigenvalue weighted by Gasteiger charge is 2.18. The van der Waals surface area contributed by atoms with E-state index in [0.717, 1.165) is 16.7 Å². The zero-order chi connectivity index (χ0) is 18.8. The van der Waals surface area contributed by atoms with Gasteiger partial charge in [-0.05, 0) is 30.7 Å². The SMILES string of the molecule is CCOC(=O)c1cnc2c(N)cccc2c1NCc1ccc2c(c1)OCO2. The number of para-hydroxylation sites is 1. The second-order valence-electron chi connectivity index (χ2n) is 6.05. The van der Waals surface area contributed by atoms with E-state index in [1.807, 2.05) is 30.3 Å². The number of aromatic nitrogens is 1. The molecule has 0 fully saturated rings. The number of benzene rings is 2. The Morgan fingerprint density at radius 2 is 2.11 bits per heavy atom. The van der Waals surface area contributed by atoms with Crippen LogP contribution < -0.4 is 20.5 Å². The number of pyridine rings is 1. The number of hydrogen-bond donors (Lipinski definition) is 2. The summed E-state index contributed by atoms with van der Waals surface area (Å²) in [7, 11) is 0. The monoisotopic (exact) mass is 365 g/mol. The van der Waals surface area contributed by atoms with Crippen molar-refractivity contribution < 1.29 is 19.0 Å². The molecular formula is C20H19N3O4. The van der Waals surface area contributed by atoms with Crippen LogP contribution in [0.2, 0.25) is 0 Å². The number of hydrogen-bond acceptors (Lipinski definition) is 7. The quantitative estimate of drug-likeness (QED) is 0.529. The molecular weight excluding hydrogens is 346 g/mol. The lowest BCUT2D eigenvalue weighted by atomic mass is 10.1. The van der Waals surface area contributed by atoms with Crippen LogP contribution in [-0.4, -0.2) is 24.4 Å². The predicted octanol–water partition coefficient (Wildman–Crippen LogP) is 3.33. The minimum atomic E-state index is -0.428. The number of carbonyl (C=O) groups is 1. The summed E-state index contributed by atoms with van der Waals surface area (Å²) in [4.78, 5) is 16.7. The molecule has 7 nitrogen and oxygen atoms in total. The fourth-order valence-corrected chi connectivity index (χ4v) is 3.04. The largest absolute Gasteiger partial charge is 0.462 e. The number of anilines is 2. The molecule has 0 unspecified atom stereocenters. The Bertz CT molecular complexity index is 1020. The highest BCUT2D eigenvalue weighted by molar-refractivity contribution is 6.07. The molecule has 0 saturated carbocycles. The summed E-state index contributed by atoms with van der Waals surface area (Å²) in [6.45, 7) is 2.77. The number of rotatable bonds is 5. The molecule has 7 heteroatoms. The van der Waals surface area contributed by atoms with Gasteiger partial charge in [0.25, 0.3) is 0 Å². The summed E-state index contributed by atoms with van der Waals surface area (Å²) in [5, 5.41) is 4.10. The van der Waals surface area contributed by atoms with E-state index in [2.05, 4.69) is 10.3 Å². The molecule has 0 aliphatic carbocycles. The predicted molar refractivity (Wildman–Crippen MR) is 102 cm³/mol. The number of nitrogen functional groups attached to an aromatic ring is 1. The molecule has 1 aliphatic rings. The van der Waals surface area contributed by atoms with Crippen molar-refractivity contribution in [2.45, 2.75) is 13.5 Å². The second kappa shape index (κ2) is 7.03. The van der Waals surface area contributed by atoms with Gasteiger partial charge in [-0.25, -0.2) is 4.79 Å². The van der Waals surface area contributed by atoms with Crippen LogP contribution in [0.1, 0.15) is 22.8 Å². The normalized spacial score (nSPS) is 12.2. The highest BCUT2D eigenvalue weighted by atomic mass is 16.7. The highest BCUT2D eigenvalue weighted by Crippen LogP contribution is 2.34. The average molecular weight is 365 g/mol. The molecule has 0 bridgehead atoms. The maximum atomic E-state index is 12.4. The first kappa shape index (κ1) is 17.0. The van der Waals surface area contributed by atoms with Gasteiger partial charge in [-0.15, -0.1) is 0 Å². The molecule has 1 aromatic heterocycles. The number of nitrogens with two attached hydrogens (primary N) is 1. The Balaban J connectivity index is 1.71. The van der Waals surface area contributed by atoms with Crippen molar-refractivity contribution in [3.8, 4) is 11.5 Å². The van der Waals surface area contributed by atoms with E-state index >= 15 is 0 Å². The van der Waals surface area contributed by atoms with Crippen LogP contribution >= 0.6 is 0 Å². The molecule has 3 N–H and O–H groups in total. The summed E-state index contributed by atoms with van der Waals surface area (Å²) in [5.41, 5.74) is 9.23. The van der Waals surface area contributed by atoms with Crippen LogP contribution in [0.15, 0.2) is 42.6 Å². The number of nitrogens with zero attached hydrogens (tertiary/aromatic N) is 1. The molecule has 27 heavy (non-hydrogen) atoms. The van der Waals surface area contributed by atoms with Gasteiger partial charge in [0.05, 0.1) is 23.5 Å². The Morgan fingerprint density at radius 1 is 1.26 bits per heavy atom. The van der Waals surface area contributed by atoms with Gasteiger partial charge in [0.2, 0.25) is 6.79 Å². The lowest BCUT2D eigenvalue weighted by Crippen LogP contribution is -2.11. The van der Waals surface area contributed by atoms with Gasteiger partial charge in [-0.3, -0.25) is 4.98 Å². The Morgan fingerprint density at radius 3 is 2.96 bits per heavy atom.